The first-order valence-electron chi connectivity index (χ1n) is 26.9. The van der Waals surface area contributed by atoms with Gasteiger partial charge in [-0.3, -0.25) is 9.59 Å². The first-order chi connectivity index (χ1) is 34.3. The third kappa shape index (κ3) is 8.70. The highest BCUT2D eigenvalue weighted by molar-refractivity contribution is 5.89. The normalized spacial score (nSPS) is 37.5. The number of Topliss-reactive ketones (excluding diaryl/α,β-unsaturated/α-hetero) is 2. The molecule has 71 heavy (non-hydrogen) atoms. The summed E-state index contributed by atoms with van der Waals surface area (Å²) in [5.41, 5.74) is 7.48. The number of aryl methyl sites for hydroxylation is 1. The number of aromatic hydroxyl groups is 1. The number of nitrogens with one attached hydrogen (secondary N) is 3. The van der Waals surface area contributed by atoms with E-state index in [0.29, 0.717) is 86.4 Å². The number of piperidine rings is 1. The Hall–Kier alpha value is -4.74. The fourth-order valence-corrected chi connectivity index (χ4v) is 16.4. The highest BCUT2D eigenvalue weighted by atomic mass is 16.5. The number of allylic oxidation sites excluding steroid dienone is 2. The Morgan fingerprint density at radius 1 is 0.944 bits per heavy atom. The fourth-order valence-electron chi connectivity index (χ4n) is 16.4. The highest BCUT2D eigenvalue weighted by Crippen LogP contribution is 2.66. The van der Waals surface area contributed by atoms with Crippen molar-refractivity contribution in [3.63, 3.8) is 0 Å². The van der Waals surface area contributed by atoms with Gasteiger partial charge in [0.25, 0.3) is 0 Å². The van der Waals surface area contributed by atoms with Crippen LogP contribution in [0.3, 0.4) is 0 Å². The summed E-state index contributed by atoms with van der Waals surface area (Å²) in [7, 11) is 1.49. The molecule has 5 saturated carbocycles. The number of ether oxygens (including phenoxy) is 1. The van der Waals surface area contributed by atoms with E-state index in [-0.39, 0.29) is 84.1 Å². The van der Waals surface area contributed by atoms with Gasteiger partial charge in [-0.15, -0.1) is 0 Å². The van der Waals surface area contributed by atoms with Crippen LogP contribution in [-0.4, -0.2) is 99.8 Å². The quantitative estimate of drug-likeness (QED) is 0.103. The van der Waals surface area contributed by atoms with E-state index in [1.54, 1.807) is 12.1 Å². The van der Waals surface area contributed by atoms with Crippen LogP contribution < -0.4 is 26.4 Å². The number of hydrogen-bond donors (Lipinski definition) is 9. The van der Waals surface area contributed by atoms with Crippen LogP contribution in [0.5, 0.6) is 11.5 Å². The summed E-state index contributed by atoms with van der Waals surface area (Å²) in [6.45, 7) is 4.38. The second-order valence-electron chi connectivity index (χ2n) is 23.1. The lowest BCUT2D eigenvalue weighted by atomic mass is 9.40. The zero-order chi connectivity index (χ0) is 49.3. The second kappa shape index (κ2) is 19.3. The molecule has 1 saturated heterocycles. The number of carbonyl (C=O) groups excluding carboxylic acids is 2. The lowest BCUT2D eigenvalue weighted by Gasteiger charge is -2.68. The summed E-state index contributed by atoms with van der Waals surface area (Å²) in [4.78, 5) is 27.8. The molecular formula is C59H74N4O8. The van der Waals surface area contributed by atoms with Gasteiger partial charge in [0.1, 0.15) is 11.2 Å². The first-order valence-corrected chi connectivity index (χ1v) is 26.9. The molecule has 3 aromatic carbocycles. The summed E-state index contributed by atoms with van der Waals surface area (Å²) in [6, 6.07) is 18.2. The van der Waals surface area contributed by atoms with Crippen molar-refractivity contribution in [1.29, 1.82) is 0 Å². The molecule has 12 nitrogen and oxygen atoms in total. The molecule has 10 N–H and O–H groups in total. The maximum Gasteiger partial charge on any atom is 0.160 e. The largest absolute Gasteiger partial charge is 0.504 e. The lowest BCUT2D eigenvalue weighted by molar-refractivity contribution is -0.230. The number of nitrogens with two attached hydrogens (primary N) is 1. The molecule has 11 rings (SSSR count). The Balaban J connectivity index is 0.885. The van der Waals surface area contributed by atoms with E-state index >= 15 is 0 Å². The molecule has 0 unspecified atom stereocenters. The monoisotopic (exact) mass is 967 g/mol. The Morgan fingerprint density at radius 3 is 2.56 bits per heavy atom. The molecule has 2 heterocycles. The van der Waals surface area contributed by atoms with Gasteiger partial charge in [0.15, 0.2) is 17.3 Å². The van der Waals surface area contributed by atoms with Crippen LogP contribution >= 0.6 is 0 Å². The number of phenols is 1. The molecule has 0 amide bonds. The van der Waals surface area contributed by atoms with Crippen LogP contribution in [-0.2, 0) is 16.0 Å². The van der Waals surface area contributed by atoms with Crippen LogP contribution in [0.25, 0.3) is 10.8 Å². The minimum absolute atomic E-state index is 0.0201. The molecular weight excluding hydrogens is 893 g/mol. The first kappa shape index (κ1) is 48.5. The van der Waals surface area contributed by atoms with Gasteiger partial charge in [-0.25, -0.2) is 0 Å². The third-order valence-corrected chi connectivity index (χ3v) is 19.5. The Bertz CT molecular complexity index is 2670. The van der Waals surface area contributed by atoms with Gasteiger partial charge in [0, 0.05) is 49.7 Å². The second-order valence-corrected chi connectivity index (χ2v) is 23.1. The number of hydrogen-bond acceptors (Lipinski definition) is 12. The summed E-state index contributed by atoms with van der Waals surface area (Å²) in [5.74, 6) is 8.84. The topological polar surface area (TPSA) is 207 Å². The average Bonchev–Trinajstić information content (AvgIpc) is 3.41. The molecule has 0 radical (unpaired) electrons. The molecule has 2 aliphatic heterocycles. The van der Waals surface area contributed by atoms with E-state index in [2.05, 4.69) is 71.1 Å². The van der Waals surface area contributed by atoms with Crippen molar-refractivity contribution in [2.45, 2.75) is 138 Å². The number of rotatable bonds is 11. The fraction of sp³-hybridized carbons (Fsp3) is 0.593. The van der Waals surface area contributed by atoms with E-state index in [1.165, 1.54) is 7.11 Å². The van der Waals surface area contributed by atoms with Crippen molar-refractivity contribution in [2.75, 3.05) is 26.7 Å². The number of aliphatic hydroxyl groups excluding tert-OH is 3. The van der Waals surface area contributed by atoms with Crippen molar-refractivity contribution < 1.29 is 39.9 Å². The Kier molecular flexibility index (Phi) is 13.2. The minimum atomic E-state index is -1.33. The molecule has 8 aliphatic rings. The summed E-state index contributed by atoms with van der Waals surface area (Å²) in [5, 5.41) is 73.9. The van der Waals surface area contributed by atoms with Crippen LogP contribution in [0.2, 0.25) is 0 Å². The Morgan fingerprint density at radius 2 is 1.77 bits per heavy atom. The van der Waals surface area contributed by atoms with Crippen LogP contribution in [0.15, 0.2) is 78.1 Å². The molecule has 6 fully saturated rings. The maximum atomic E-state index is 14.8. The molecule has 17 atom stereocenters. The van der Waals surface area contributed by atoms with E-state index in [4.69, 9.17) is 10.5 Å². The van der Waals surface area contributed by atoms with Crippen LogP contribution in [0.4, 0.5) is 0 Å². The third-order valence-electron chi connectivity index (χ3n) is 19.5. The van der Waals surface area contributed by atoms with Gasteiger partial charge in [-0.05, 0) is 176 Å². The van der Waals surface area contributed by atoms with Gasteiger partial charge >= 0.3 is 0 Å². The smallest absolute Gasteiger partial charge is 0.160 e. The van der Waals surface area contributed by atoms with Gasteiger partial charge in [0.2, 0.25) is 0 Å². The average molecular weight is 967 g/mol. The summed E-state index contributed by atoms with van der Waals surface area (Å²) in [6.07, 6.45) is 7.17. The van der Waals surface area contributed by atoms with Crippen LogP contribution in [0.1, 0.15) is 112 Å². The van der Waals surface area contributed by atoms with Crippen molar-refractivity contribution in [3.05, 3.63) is 94.8 Å². The molecule has 0 bridgehead atoms. The maximum absolute atomic E-state index is 14.8. The number of carbonyl (C=O) groups is 2. The van der Waals surface area contributed by atoms with Crippen LogP contribution in [0, 0.1) is 64.6 Å². The van der Waals surface area contributed by atoms with E-state index in [1.807, 2.05) is 18.2 Å². The van der Waals surface area contributed by atoms with E-state index in [0.717, 1.165) is 59.8 Å². The van der Waals surface area contributed by atoms with E-state index < -0.39 is 35.2 Å². The number of methoxy groups -OCH3 is 1. The number of phenolic OH excluding ortho intramolecular Hbond substituents is 1. The lowest BCUT2D eigenvalue weighted by Crippen LogP contribution is -2.72. The van der Waals surface area contributed by atoms with Gasteiger partial charge in [0.05, 0.1) is 36.8 Å². The number of aliphatic hydroxyl groups is 4. The van der Waals surface area contributed by atoms with Crippen molar-refractivity contribution in [1.82, 2.24) is 16.0 Å². The summed E-state index contributed by atoms with van der Waals surface area (Å²) < 4.78 is 5.55. The predicted molar refractivity (Wildman–Crippen MR) is 272 cm³/mol. The molecule has 12 heteroatoms. The Labute approximate surface area is 418 Å². The molecule has 378 valence electrons. The molecule has 3 aromatic rings. The van der Waals surface area contributed by atoms with Gasteiger partial charge < -0.3 is 52.0 Å². The molecule has 0 aromatic heterocycles. The summed E-state index contributed by atoms with van der Waals surface area (Å²) >= 11 is 0. The minimum Gasteiger partial charge on any atom is -0.504 e. The molecule has 1 spiro atoms. The number of ketones is 2. The molecule has 6 aliphatic carbocycles. The van der Waals surface area contributed by atoms with E-state index in [9.17, 15) is 35.1 Å². The van der Waals surface area contributed by atoms with Crippen molar-refractivity contribution in [2.24, 2.45) is 58.5 Å². The number of benzene rings is 3. The predicted octanol–water partition coefficient (Wildman–Crippen LogP) is 5.88. The van der Waals surface area contributed by atoms with Gasteiger partial charge in [-0.2, -0.15) is 0 Å². The highest BCUT2D eigenvalue weighted by Gasteiger charge is 2.67. The number of fused-ring (bicyclic) bond motifs is 2. The zero-order valence-electron chi connectivity index (χ0n) is 41.4. The van der Waals surface area contributed by atoms with Crippen molar-refractivity contribution in [3.8, 4) is 23.3 Å². The standard InChI is InChI=1S/C59H74N4O8/c1-3-61-45-14-18-59(70)30-39-21-41(64)27-46-54(39)55-40(31-63-46)22-44(56(45)57(55)59)37-13-17-58(52(69)25-37)16-12-36(43-29-49(67)50(71-2)24-35(43)10-11-51(58)68)23-47(65)48(66)28-42(38-15-19-62-53(60)26-38)34-9-8-32-6-4-5-7-33(32)20-34/h4-9,15,20,24,26,29,36-37,39-40,42,44-48,52,54-57,61-63,65-67,69-70H,3,10-11,13-14,17-19,21-23,25,27-28,30-31,60H2,1-2H3/t36-,37+,39-,40+,42+,44+,45+,46+,47+,48-,52-,54-,55-,56-,57-,58-,59+/m1/s1. The van der Waals surface area contributed by atoms with Crippen molar-refractivity contribution >= 4 is 22.3 Å². The zero-order valence-corrected chi connectivity index (χ0v) is 41.4. The SMILES string of the molecule is CCN[C@H]1CC[C@]2(O)C[C@H]3CC(=O)C[C@@H]4NC[C@@H]5C[C@@H]([C@H]6CC[C@@]7(C#C[C@H](C[C@H](O)[C@H](O)C[C@H](C8=CCNC(N)=C8)c8ccc9ccccc9c8)c8cc(O)c(OC)cc8CCC7=O)[C@H](O)C6)[C@H]1[C@H]2[C@H]5[C@H]34. The number of dihydropyridines is 1. The van der Waals surface area contributed by atoms with Gasteiger partial charge in [-0.1, -0.05) is 67.3 Å².